The van der Waals surface area contributed by atoms with Crippen molar-refractivity contribution in [2.24, 2.45) is 0 Å². The average Bonchev–Trinajstić information content (AvgIpc) is 2.26. The number of benzene rings is 1. The molecule has 3 N–H and O–H groups in total. The number of halogens is 3. The number of aromatic nitrogens is 2. The topological polar surface area (TPSA) is 78.0 Å². The number of nitrogens with zero attached hydrogens (tertiary/aromatic N) is 1. The van der Waals surface area contributed by atoms with Crippen LogP contribution in [0.2, 0.25) is 0 Å². The van der Waals surface area contributed by atoms with E-state index in [4.69, 9.17) is 5.11 Å². The molecule has 0 unspecified atom stereocenters. The van der Waals surface area contributed by atoms with Gasteiger partial charge >= 0.3 is 6.18 Å². The first kappa shape index (κ1) is 12.9. The van der Waals surface area contributed by atoms with Crippen molar-refractivity contribution in [1.29, 1.82) is 0 Å². The maximum Gasteiger partial charge on any atom is 0.416 e. The van der Waals surface area contributed by atoms with E-state index < -0.39 is 23.2 Å². The van der Waals surface area contributed by atoms with Gasteiger partial charge in [-0.05, 0) is 18.2 Å². The lowest BCUT2D eigenvalue weighted by molar-refractivity contribution is -0.137. The monoisotopic (exact) mass is 271 g/mol. The van der Waals surface area contributed by atoms with Crippen molar-refractivity contribution < 1.29 is 18.3 Å². The quantitative estimate of drug-likeness (QED) is 0.782. The first-order valence-corrected chi connectivity index (χ1v) is 5.09. The van der Waals surface area contributed by atoms with Crippen LogP contribution < -0.4 is 10.9 Å². The van der Waals surface area contributed by atoms with Gasteiger partial charge in [0.1, 0.15) is 0 Å². The second-order valence-electron chi connectivity index (χ2n) is 3.66. The second-order valence-corrected chi connectivity index (χ2v) is 3.66. The molecule has 100 valence electrons. The number of nitrogens with one attached hydrogen (secondary N) is 2. The van der Waals surface area contributed by atoms with Crippen LogP contribution in [0.1, 0.15) is 5.56 Å². The molecule has 0 aliphatic rings. The predicted molar refractivity (Wildman–Crippen MR) is 61.2 cm³/mol. The molecule has 0 saturated heterocycles. The number of rotatable bonds is 2. The maximum absolute atomic E-state index is 12.5. The molecule has 0 bridgehead atoms. The number of anilines is 2. The smallest absolute Gasteiger partial charge is 0.416 e. The highest BCUT2D eigenvalue weighted by Gasteiger charge is 2.30. The molecule has 0 radical (unpaired) electrons. The van der Waals surface area contributed by atoms with Crippen molar-refractivity contribution in [2.45, 2.75) is 6.18 Å². The fourth-order valence-corrected chi connectivity index (χ4v) is 1.41. The fourth-order valence-electron chi connectivity index (χ4n) is 1.41. The van der Waals surface area contributed by atoms with E-state index in [-0.39, 0.29) is 11.6 Å². The molecule has 0 aliphatic carbocycles. The Morgan fingerprint density at radius 2 is 2.00 bits per heavy atom. The maximum atomic E-state index is 12.5. The molecule has 19 heavy (non-hydrogen) atoms. The zero-order valence-electron chi connectivity index (χ0n) is 9.32. The summed E-state index contributed by atoms with van der Waals surface area (Å²) in [7, 11) is 0. The first-order valence-electron chi connectivity index (χ1n) is 5.09. The van der Waals surface area contributed by atoms with E-state index in [9.17, 15) is 18.0 Å². The molecule has 0 aliphatic heterocycles. The normalized spacial score (nSPS) is 11.3. The first-order chi connectivity index (χ1) is 8.84. The van der Waals surface area contributed by atoms with Gasteiger partial charge in [-0.3, -0.25) is 9.78 Å². The van der Waals surface area contributed by atoms with Gasteiger partial charge in [-0.1, -0.05) is 6.07 Å². The summed E-state index contributed by atoms with van der Waals surface area (Å²) >= 11 is 0. The molecule has 0 atom stereocenters. The van der Waals surface area contributed by atoms with Crippen molar-refractivity contribution in [1.82, 2.24) is 9.97 Å². The number of hydrogen-bond acceptors (Lipinski definition) is 4. The van der Waals surface area contributed by atoms with Crippen LogP contribution >= 0.6 is 0 Å². The molecule has 0 saturated carbocycles. The van der Waals surface area contributed by atoms with Crippen LogP contribution in [0.4, 0.5) is 24.8 Å². The van der Waals surface area contributed by atoms with E-state index in [0.29, 0.717) is 0 Å². The van der Waals surface area contributed by atoms with Crippen LogP contribution in [0.5, 0.6) is 5.88 Å². The fraction of sp³-hybridized carbons (Fsp3) is 0.0909. The van der Waals surface area contributed by atoms with Crippen molar-refractivity contribution in [3.8, 4) is 5.88 Å². The molecular weight excluding hydrogens is 263 g/mol. The lowest BCUT2D eigenvalue weighted by Gasteiger charge is -2.09. The van der Waals surface area contributed by atoms with Gasteiger partial charge in [-0.25, -0.2) is 0 Å². The predicted octanol–water partition coefficient (Wildman–Crippen LogP) is 2.24. The summed E-state index contributed by atoms with van der Waals surface area (Å²) in [4.78, 5) is 16.8. The minimum absolute atomic E-state index is 0.0866. The van der Waals surface area contributed by atoms with Crippen LogP contribution in [0, 0.1) is 0 Å². The van der Waals surface area contributed by atoms with Gasteiger partial charge in [0.2, 0.25) is 11.8 Å². The van der Waals surface area contributed by atoms with Crippen molar-refractivity contribution >= 4 is 11.6 Å². The number of aromatic hydroxyl groups is 1. The molecule has 5 nitrogen and oxygen atoms in total. The Kier molecular flexibility index (Phi) is 3.16. The Labute approximate surface area is 104 Å². The second kappa shape index (κ2) is 4.63. The van der Waals surface area contributed by atoms with Gasteiger partial charge in [0, 0.05) is 5.69 Å². The van der Waals surface area contributed by atoms with E-state index in [1.54, 1.807) is 0 Å². The van der Waals surface area contributed by atoms with Gasteiger partial charge in [0.05, 0.1) is 11.6 Å². The number of H-pyrrole nitrogens is 1. The van der Waals surface area contributed by atoms with E-state index >= 15 is 0 Å². The summed E-state index contributed by atoms with van der Waals surface area (Å²) in [6.45, 7) is 0. The van der Waals surface area contributed by atoms with Crippen LogP contribution in [0.3, 0.4) is 0 Å². The van der Waals surface area contributed by atoms with Crippen LogP contribution in [-0.2, 0) is 6.18 Å². The van der Waals surface area contributed by atoms with Gasteiger partial charge in [-0.2, -0.15) is 18.2 Å². The molecule has 8 heteroatoms. The van der Waals surface area contributed by atoms with Crippen LogP contribution in [-0.4, -0.2) is 15.1 Å². The minimum atomic E-state index is -4.46. The summed E-state index contributed by atoms with van der Waals surface area (Å²) in [5, 5.41) is 11.6. The zero-order chi connectivity index (χ0) is 14.0. The highest BCUT2D eigenvalue weighted by molar-refractivity contribution is 5.54. The van der Waals surface area contributed by atoms with Crippen LogP contribution in [0.25, 0.3) is 0 Å². The van der Waals surface area contributed by atoms with E-state index in [2.05, 4.69) is 15.3 Å². The summed E-state index contributed by atoms with van der Waals surface area (Å²) in [6.07, 6.45) is -4.46. The Bertz CT molecular complexity index is 652. The molecule has 1 heterocycles. The third kappa shape index (κ3) is 3.24. The molecule has 0 amide bonds. The Balaban J connectivity index is 2.31. The summed E-state index contributed by atoms with van der Waals surface area (Å²) < 4.78 is 37.5. The number of alkyl halides is 3. The lowest BCUT2D eigenvalue weighted by Crippen LogP contribution is -2.09. The van der Waals surface area contributed by atoms with Crippen molar-refractivity contribution in [2.75, 3.05) is 5.32 Å². The van der Waals surface area contributed by atoms with E-state index in [1.807, 2.05) is 0 Å². The molecule has 0 fully saturated rings. The number of hydrogen-bond donors (Lipinski definition) is 3. The summed E-state index contributed by atoms with van der Waals surface area (Å²) in [5.41, 5.74) is -1.37. The number of aromatic amines is 1. The largest absolute Gasteiger partial charge is 0.493 e. The molecule has 1 aromatic carbocycles. The molecule has 1 aromatic heterocycles. The van der Waals surface area contributed by atoms with E-state index in [0.717, 1.165) is 18.2 Å². The molecule has 2 rings (SSSR count). The van der Waals surface area contributed by atoms with E-state index in [1.165, 1.54) is 12.1 Å². The molecule has 0 spiro atoms. The third-order valence-electron chi connectivity index (χ3n) is 2.18. The minimum Gasteiger partial charge on any atom is -0.493 e. The lowest BCUT2D eigenvalue weighted by atomic mass is 10.2. The summed E-state index contributed by atoms with van der Waals surface area (Å²) in [6, 6.07) is 5.22. The SMILES string of the molecule is O=c1cc(O)nc(Nc2cccc(C(F)(F)F)c2)[nH]1. The summed E-state index contributed by atoms with van der Waals surface area (Å²) in [5.74, 6) is -0.678. The van der Waals surface area contributed by atoms with Gasteiger partial charge in [0.15, 0.2) is 0 Å². The van der Waals surface area contributed by atoms with Gasteiger partial charge < -0.3 is 10.4 Å². The highest BCUT2D eigenvalue weighted by atomic mass is 19.4. The van der Waals surface area contributed by atoms with Crippen molar-refractivity contribution in [3.05, 3.63) is 46.2 Å². The Hall–Kier alpha value is -2.51. The Morgan fingerprint density at radius 3 is 2.63 bits per heavy atom. The Morgan fingerprint density at radius 1 is 1.26 bits per heavy atom. The molecular formula is C11H8F3N3O2. The van der Waals surface area contributed by atoms with Crippen LogP contribution in [0.15, 0.2) is 35.1 Å². The van der Waals surface area contributed by atoms with Gasteiger partial charge in [-0.15, -0.1) is 0 Å². The van der Waals surface area contributed by atoms with Crippen molar-refractivity contribution in [3.63, 3.8) is 0 Å². The average molecular weight is 271 g/mol. The van der Waals surface area contributed by atoms with Gasteiger partial charge in [0.25, 0.3) is 5.56 Å². The molecule has 2 aromatic rings. The highest BCUT2D eigenvalue weighted by Crippen LogP contribution is 2.31. The zero-order valence-corrected chi connectivity index (χ0v) is 9.32. The standard InChI is InChI=1S/C11H8F3N3O2/c12-11(13,14)6-2-1-3-7(4-6)15-10-16-8(18)5-9(19)17-10/h1-5H,(H3,15,16,17,18,19). The third-order valence-corrected chi connectivity index (χ3v) is 2.18.